The molecule has 5 heteroatoms. The molecule has 0 N–H and O–H groups in total. The number of piperidine rings is 2. The standard InChI is InChI=1S/C24H40N2O2S/c1-4-21-10-14-25(15-11-21)18-23(26-16-12-22(5-2)13-17-26)19-29(27,28)24-8-6-20(3)7-9-24/h6-9,21-23H,4-5,10-19H2,1-3H3. The minimum absolute atomic E-state index is 0.0947. The molecule has 1 atom stereocenters. The Hall–Kier alpha value is -0.910. The van der Waals surface area contributed by atoms with Crippen molar-refractivity contribution in [2.75, 3.05) is 38.5 Å². The summed E-state index contributed by atoms with van der Waals surface area (Å²) in [5, 5.41) is 0. The average Bonchev–Trinajstić information content (AvgIpc) is 2.74. The second-order valence-electron chi connectivity index (χ2n) is 9.29. The van der Waals surface area contributed by atoms with Crippen LogP contribution in [0.25, 0.3) is 0 Å². The average molecular weight is 421 g/mol. The summed E-state index contributed by atoms with van der Waals surface area (Å²) in [6, 6.07) is 7.46. The third kappa shape index (κ3) is 6.28. The summed E-state index contributed by atoms with van der Waals surface area (Å²) in [5.74, 6) is 1.89. The predicted octanol–water partition coefficient (Wildman–Crippen LogP) is 4.38. The van der Waals surface area contributed by atoms with Crippen molar-refractivity contribution < 1.29 is 8.42 Å². The van der Waals surface area contributed by atoms with Crippen LogP contribution in [0.15, 0.2) is 29.2 Å². The van der Waals surface area contributed by atoms with Gasteiger partial charge in [-0.05, 0) is 82.8 Å². The van der Waals surface area contributed by atoms with Crippen molar-refractivity contribution in [2.45, 2.75) is 70.2 Å². The SMILES string of the molecule is CCC1CCN(CC(CS(=O)(=O)c2ccc(C)cc2)N2CCC(CC)CC2)CC1. The number of hydrogen-bond acceptors (Lipinski definition) is 4. The van der Waals surface area contributed by atoms with Crippen LogP contribution in [0, 0.1) is 18.8 Å². The van der Waals surface area contributed by atoms with Gasteiger partial charge < -0.3 is 4.90 Å². The summed E-state index contributed by atoms with van der Waals surface area (Å²) < 4.78 is 26.4. The molecule has 3 rings (SSSR count). The maximum atomic E-state index is 13.2. The van der Waals surface area contributed by atoms with Gasteiger partial charge in [0.2, 0.25) is 0 Å². The van der Waals surface area contributed by atoms with E-state index in [2.05, 4.69) is 23.6 Å². The van der Waals surface area contributed by atoms with Crippen molar-refractivity contribution in [1.29, 1.82) is 0 Å². The fourth-order valence-corrected chi connectivity index (χ4v) is 6.54. The zero-order chi connectivity index (χ0) is 20.9. The smallest absolute Gasteiger partial charge is 0.179 e. The van der Waals surface area contributed by atoms with Gasteiger partial charge >= 0.3 is 0 Å². The van der Waals surface area contributed by atoms with Gasteiger partial charge in [-0.15, -0.1) is 0 Å². The maximum Gasteiger partial charge on any atom is 0.179 e. The molecule has 2 aliphatic rings. The molecule has 2 fully saturated rings. The predicted molar refractivity (Wildman–Crippen MR) is 121 cm³/mol. The van der Waals surface area contributed by atoms with Gasteiger partial charge in [0.1, 0.15) is 0 Å². The molecule has 164 valence electrons. The molecule has 1 unspecified atom stereocenters. The Morgan fingerprint density at radius 1 is 0.897 bits per heavy atom. The molecule has 0 spiro atoms. The topological polar surface area (TPSA) is 40.6 Å². The number of sulfone groups is 1. The van der Waals surface area contributed by atoms with Crippen molar-refractivity contribution in [3.05, 3.63) is 29.8 Å². The van der Waals surface area contributed by atoms with Crippen LogP contribution < -0.4 is 0 Å². The van der Waals surface area contributed by atoms with E-state index in [0.29, 0.717) is 4.90 Å². The maximum absolute atomic E-state index is 13.2. The van der Waals surface area contributed by atoms with Gasteiger partial charge in [0, 0.05) is 12.6 Å². The number of benzene rings is 1. The molecule has 0 radical (unpaired) electrons. The number of nitrogens with zero attached hydrogens (tertiary/aromatic N) is 2. The molecule has 0 bridgehead atoms. The molecule has 0 amide bonds. The number of rotatable bonds is 8. The Balaban J connectivity index is 1.71. The van der Waals surface area contributed by atoms with E-state index in [0.717, 1.165) is 50.1 Å². The highest BCUT2D eigenvalue weighted by molar-refractivity contribution is 7.91. The van der Waals surface area contributed by atoms with Gasteiger partial charge in [0.05, 0.1) is 10.6 Å². The molecular weight excluding hydrogens is 380 g/mol. The second-order valence-corrected chi connectivity index (χ2v) is 11.3. The van der Waals surface area contributed by atoms with Crippen molar-refractivity contribution >= 4 is 9.84 Å². The summed E-state index contributed by atoms with van der Waals surface area (Å²) in [6.07, 6.45) is 7.43. The number of hydrogen-bond donors (Lipinski definition) is 0. The van der Waals surface area contributed by atoms with E-state index in [1.54, 1.807) is 12.1 Å². The Bertz CT molecular complexity index is 716. The second kappa shape index (κ2) is 10.4. The van der Waals surface area contributed by atoms with Crippen LogP contribution in [0.5, 0.6) is 0 Å². The van der Waals surface area contributed by atoms with Gasteiger partial charge in [-0.3, -0.25) is 4.90 Å². The summed E-state index contributed by atoms with van der Waals surface area (Å²) in [4.78, 5) is 5.47. The molecular formula is C24H40N2O2S. The van der Waals surface area contributed by atoms with Crippen LogP contribution >= 0.6 is 0 Å². The quantitative estimate of drug-likeness (QED) is 0.626. The van der Waals surface area contributed by atoms with Crippen LogP contribution in [0.1, 0.15) is 57.9 Å². The summed E-state index contributed by atoms with van der Waals surface area (Å²) in [7, 11) is -3.28. The Morgan fingerprint density at radius 2 is 1.41 bits per heavy atom. The molecule has 2 heterocycles. The Labute approximate surface area is 178 Å². The van der Waals surface area contributed by atoms with E-state index in [1.165, 1.54) is 38.5 Å². The summed E-state index contributed by atoms with van der Waals surface area (Å²) in [5.41, 5.74) is 1.10. The number of likely N-dealkylation sites (tertiary alicyclic amines) is 2. The van der Waals surface area contributed by atoms with Crippen molar-refractivity contribution in [3.63, 3.8) is 0 Å². The first-order valence-corrected chi connectivity index (χ1v) is 13.3. The van der Waals surface area contributed by atoms with Crippen molar-refractivity contribution in [2.24, 2.45) is 11.8 Å². The van der Waals surface area contributed by atoms with E-state index >= 15 is 0 Å². The lowest BCUT2D eigenvalue weighted by Crippen LogP contribution is -2.51. The summed E-state index contributed by atoms with van der Waals surface area (Å²) >= 11 is 0. The van der Waals surface area contributed by atoms with E-state index in [4.69, 9.17) is 0 Å². The highest BCUT2D eigenvalue weighted by Gasteiger charge is 2.31. The van der Waals surface area contributed by atoms with E-state index in [1.807, 2.05) is 19.1 Å². The van der Waals surface area contributed by atoms with Crippen molar-refractivity contribution in [3.8, 4) is 0 Å². The van der Waals surface area contributed by atoms with Gasteiger partial charge in [-0.2, -0.15) is 0 Å². The molecule has 0 aliphatic carbocycles. The van der Waals surface area contributed by atoms with Crippen LogP contribution in [-0.4, -0.2) is 62.7 Å². The van der Waals surface area contributed by atoms with Crippen LogP contribution in [0.3, 0.4) is 0 Å². The fraction of sp³-hybridized carbons (Fsp3) is 0.750. The number of aryl methyl sites for hydroxylation is 1. The van der Waals surface area contributed by atoms with Gasteiger partial charge in [-0.1, -0.05) is 44.4 Å². The molecule has 4 nitrogen and oxygen atoms in total. The molecule has 1 aromatic carbocycles. The molecule has 0 aromatic heterocycles. The highest BCUT2D eigenvalue weighted by Crippen LogP contribution is 2.25. The van der Waals surface area contributed by atoms with E-state index in [-0.39, 0.29) is 11.8 Å². The fourth-order valence-electron chi connectivity index (χ4n) is 4.97. The third-order valence-corrected chi connectivity index (χ3v) is 9.10. The van der Waals surface area contributed by atoms with Gasteiger partial charge in [0.15, 0.2) is 9.84 Å². The zero-order valence-corrected chi connectivity index (χ0v) is 19.5. The summed E-state index contributed by atoms with van der Waals surface area (Å²) in [6.45, 7) is 11.8. The normalized spacial score (nSPS) is 22.0. The first-order chi connectivity index (χ1) is 13.9. The lowest BCUT2D eigenvalue weighted by atomic mass is 9.93. The molecule has 2 aliphatic heterocycles. The van der Waals surface area contributed by atoms with Gasteiger partial charge in [0.25, 0.3) is 0 Å². The van der Waals surface area contributed by atoms with E-state index in [9.17, 15) is 8.42 Å². The molecule has 29 heavy (non-hydrogen) atoms. The van der Waals surface area contributed by atoms with Crippen LogP contribution in [0.2, 0.25) is 0 Å². The lowest BCUT2D eigenvalue weighted by molar-refractivity contribution is 0.0918. The monoisotopic (exact) mass is 420 g/mol. The zero-order valence-electron chi connectivity index (χ0n) is 18.6. The van der Waals surface area contributed by atoms with Crippen molar-refractivity contribution in [1.82, 2.24) is 9.80 Å². The third-order valence-electron chi connectivity index (χ3n) is 7.29. The van der Waals surface area contributed by atoms with Gasteiger partial charge in [-0.25, -0.2) is 8.42 Å². The highest BCUT2D eigenvalue weighted by atomic mass is 32.2. The van der Waals surface area contributed by atoms with E-state index < -0.39 is 9.84 Å². The Morgan fingerprint density at radius 3 is 1.93 bits per heavy atom. The van der Waals surface area contributed by atoms with Crippen LogP contribution in [0.4, 0.5) is 0 Å². The molecule has 2 saturated heterocycles. The first-order valence-electron chi connectivity index (χ1n) is 11.7. The minimum Gasteiger partial charge on any atom is -0.302 e. The Kier molecular flexibility index (Phi) is 8.17. The first kappa shape index (κ1) is 22.8. The minimum atomic E-state index is -3.28. The largest absolute Gasteiger partial charge is 0.302 e. The van der Waals surface area contributed by atoms with Crippen LogP contribution in [-0.2, 0) is 9.84 Å². The molecule has 0 saturated carbocycles. The lowest BCUT2D eigenvalue weighted by Gasteiger charge is -2.41. The molecule has 1 aromatic rings.